The van der Waals surface area contributed by atoms with Gasteiger partial charge in [-0.3, -0.25) is 9.69 Å². The molecule has 1 heterocycles. The molecule has 2 aromatic carbocycles. The molecular formula is C19H10BrI2NO2S2. The largest absolute Gasteiger partial charge is 0.479 e. The molecule has 0 spiro atoms. The smallest absolute Gasteiger partial charge is 0.270 e. The van der Waals surface area contributed by atoms with E-state index in [0.29, 0.717) is 9.23 Å². The van der Waals surface area contributed by atoms with Crippen molar-refractivity contribution in [1.29, 1.82) is 0 Å². The van der Waals surface area contributed by atoms with Crippen LogP contribution in [0.3, 0.4) is 0 Å². The first kappa shape index (κ1) is 21.1. The second-order valence-corrected chi connectivity index (χ2v) is 10.2. The first-order chi connectivity index (χ1) is 12.9. The van der Waals surface area contributed by atoms with Crippen LogP contribution < -0.4 is 9.64 Å². The zero-order chi connectivity index (χ0) is 19.6. The van der Waals surface area contributed by atoms with E-state index in [1.54, 1.807) is 4.90 Å². The summed E-state index contributed by atoms with van der Waals surface area (Å²) in [6.45, 7) is 0.219. The molecular weight excluding hydrogens is 672 g/mol. The molecule has 1 fully saturated rings. The maximum Gasteiger partial charge on any atom is 0.270 e. The van der Waals surface area contributed by atoms with Crippen LogP contribution in [0, 0.1) is 19.5 Å². The Morgan fingerprint density at radius 3 is 2.63 bits per heavy atom. The van der Waals surface area contributed by atoms with Gasteiger partial charge in [-0.2, -0.15) is 0 Å². The highest BCUT2D eigenvalue weighted by atomic mass is 127. The lowest BCUT2D eigenvalue weighted by molar-refractivity contribution is -0.113. The van der Waals surface area contributed by atoms with E-state index in [2.05, 4.69) is 67.0 Å². The molecule has 27 heavy (non-hydrogen) atoms. The average molecular weight is 682 g/mol. The number of halogens is 3. The molecule has 3 rings (SSSR count). The van der Waals surface area contributed by atoms with Crippen LogP contribution in [0.2, 0.25) is 0 Å². The zero-order valence-corrected chi connectivity index (χ0v) is 21.1. The number of amides is 1. The predicted octanol–water partition coefficient (Wildman–Crippen LogP) is 6.08. The topological polar surface area (TPSA) is 29.5 Å². The maximum absolute atomic E-state index is 12.9. The summed E-state index contributed by atoms with van der Waals surface area (Å²) in [5.41, 5.74) is 1.66. The summed E-state index contributed by atoms with van der Waals surface area (Å²) in [5, 5.41) is 0. The quantitative estimate of drug-likeness (QED) is 0.170. The molecule has 136 valence electrons. The number of ether oxygens (including phenoxy) is 1. The zero-order valence-electron chi connectivity index (χ0n) is 13.5. The van der Waals surface area contributed by atoms with Gasteiger partial charge in [0.2, 0.25) is 0 Å². The molecule has 0 aromatic heterocycles. The number of carbonyl (C=O) groups excluding carboxylic acids is 1. The summed E-state index contributed by atoms with van der Waals surface area (Å²) in [4.78, 5) is 15.0. The molecule has 0 saturated carbocycles. The third-order valence-corrected chi connectivity index (χ3v) is 6.88. The summed E-state index contributed by atoms with van der Waals surface area (Å²) in [7, 11) is 0. The Labute approximate surface area is 202 Å². The third-order valence-electron chi connectivity index (χ3n) is 3.48. The lowest BCUT2D eigenvalue weighted by Gasteiger charge is -2.14. The summed E-state index contributed by atoms with van der Waals surface area (Å²) >= 11 is 14.6. The number of carbonyl (C=O) groups is 1. The van der Waals surface area contributed by atoms with Crippen molar-refractivity contribution in [3.8, 4) is 18.1 Å². The van der Waals surface area contributed by atoms with Gasteiger partial charge in [-0.15, -0.1) is 6.42 Å². The van der Waals surface area contributed by atoms with Gasteiger partial charge in [0.1, 0.15) is 12.4 Å². The summed E-state index contributed by atoms with van der Waals surface area (Å²) < 4.78 is 8.87. The summed E-state index contributed by atoms with van der Waals surface area (Å²) in [6, 6.07) is 11.4. The number of nitrogens with zero attached hydrogens (tertiary/aromatic N) is 1. The Hall–Kier alpha value is -0.610. The minimum atomic E-state index is -0.124. The Balaban J connectivity index is 1.91. The van der Waals surface area contributed by atoms with Crippen LogP contribution >= 0.6 is 85.1 Å². The molecule has 1 saturated heterocycles. The Kier molecular flexibility index (Phi) is 7.24. The highest BCUT2D eigenvalue weighted by Gasteiger charge is 2.33. The van der Waals surface area contributed by atoms with Crippen molar-refractivity contribution in [2.24, 2.45) is 0 Å². The SMILES string of the molecule is C#CCOc1c(I)cc(/C=C2\SC(=S)N(c3cccc(Br)c3)C2=O)cc1I. The van der Waals surface area contributed by atoms with Crippen molar-refractivity contribution >= 4 is 107 Å². The van der Waals surface area contributed by atoms with Crippen LogP contribution in [0.4, 0.5) is 5.69 Å². The Morgan fingerprint density at radius 1 is 1.30 bits per heavy atom. The van der Waals surface area contributed by atoms with Crippen LogP contribution in [0.5, 0.6) is 5.75 Å². The molecule has 1 amide bonds. The second kappa shape index (κ2) is 9.26. The predicted molar refractivity (Wildman–Crippen MR) is 136 cm³/mol. The number of thiocarbonyl (C=S) groups is 1. The molecule has 0 aliphatic carbocycles. The van der Waals surface area contributed by atoms with Crippen molar-refractivity contribution in [3.05, 3.63) is 58.5 Å². The number of thioether (sulfide) groups is 1. The van der Waals surface area contributed by atoms with Crippen LogP contribution in [0.25, 0.3) is 6.08 Å². The minimum Gasteiger partial charge on any atom is -0.479 e. The van der Waals surface area contributed by atoms with Gasteiger partial charge in [-0.25, -0.2) is 0 Å². The van der Waals surface area contributed by atoms with Gasteiger partial charge in [0.25, 0.3) is 5.91 Å². The lowest BCUT2D eigenvalue weighted by atomic mass is 10.2. The fraction of sp³-hybridized carbons (Fsp3) is 0.0526. The van der Waals surface area contributed by atoms with E-state index >= 15 is 0 Å². The molecule has 8 heteroatoms. The standard InChI is InChI=1S/C19H10BrI2NO2S2/c1-2-6-25-17-14(21)7-11(8-15(17)22)9-16-18(24)23(19(26)27-16)13-5-3-4-12(20)10-13/h1,3-5,7-10H,6H2/b16-9-. The van der Waals surface area contributed by atoms with Gasteiger partial charge < -0.3 is 4.74 Å². The molecule has 1 aliphatic heterocycles. The molecule has 2 aromatic rings. The van der Waals surface area contributed by atoms with E-state index < -0.39 is 0 Å². The lowest BCUT2D eigenvalue weighted by Crippen LogP contribution is -2.27. The van der Waals surface area contributed by atoms with Gasteiger partial charge in [0.15, 0.2) is 4.32 Å². The minimum absolute atomic E-state index is 0.124. The molecule has 0 N–H and O–H groups in total. The van der Waals surface area contributed by atoms with Gasteiger partial charge in [0, 0.05) is 4.47 Å². The number of anilines is 1. The first-order valence-corrected chi connectivity index (χ1v) is 11.7. The van der Waals surface area contributed by atoms with Gasteiger partial charge in [-0.1, -0.05) is 51.9 Å². The molecule has 0 atom stereocenters. The van der Waals surface area contributed by atoms with E-state index in [0.717, 1.165) is 28.6 Å². The highest BCUT2D eigenvalue weighted by Crippen LogP contribution is 2.37. The van der Waals surface area contributed by atoms with Crippen molar-refractivity contribution in [2.75, 3.05) is 11.5 Å². The van der Waals surface area contributed by atoms with Crippen LogP contribution in [-0.2, 0) is 4.79 Å². The van der Waals surface area contributed by atoms with E-state index in [4.69, 9.17) is 23.4 Å². The summed E-state index contributed by atoms with van der Waals surface area (Å²) in [6.07, 6.45) is 7.12. The number of rotatable bonds is 4. The molecule has 0 unspecified atom stereocenters. The number of hydrogen-bond acceptors (Lipinski definition) is 4. The van der Waals surface area contributed by atoms with Crippen LogP contribution in [0.1, 0.15) is 5.56 Å². The van der Waals surface area contributed by atoms with Gasteiger partial charge in [0.05, 0.1) is 17.7 Å². The molecule has 0 bridgehead atoms. The Morgan fingerprint density at radius 2 is 2.00 bits per heavy atom. The van der Waals surface area contributed by atoms with Gasteiger partial charge >= 0.3 is 0 Å². The fourth-order valence-electron chi connectivity index (χ4n) is 2.37. The van der Waals surface area contributed by atoms with Crippen molar-refractivity contribution in [2.45, 2.75) is 0 Å². The monoisotopic (exact) mass is 681 g/mol. The number of terminal acetylenes is 1. The van der Waals surface area contributed by atoms with Crippen molar-refractivity contribution < 1.29 is 9.53 Å². The van der Waals surface area contributed by atoms with Crippen LogP contribution in [-0.4, -0.2) is 16.8 Å². The average Bonchev–Trinajstić information content (AvgIpc) is 2.88. The maximum atomic E-state index is 12.9. The van der Waals surface area contributed by atoms with E-state index in [-0.39, 0.29) is 12.5 Å². The molecule has 1 aliphatic rings. The first-order valence-electron chi connectivity index (χ1n) is 7.49. The number of benzene rings is 2. The fourth-order valence-corrected chi connectivity index (χ4v) is 6.19. The van der Waals surface area contributed by atoms with Gasteiger partial charge in [-0.05, 0) is 87.2 Å². The normalized spacial score (nSPS) is 15.3. The summed E-state index contributed by atoms with van der Waals surface area (Å²) in [5.74, 6) is 3.10. The van der Waals surface area contributed by atoms with Crippen LogP contribution in [0.15, 0.2) is 45.8 Å². The number of hydrogen-bond donors (Lipinski definition) is 0. The van der Waals surface area contributed by atoms with Crippen molar-refractivity contribution in [1.82, 2.24) is 0 Å². The van der Waals surface area contributed by atoms with E-state index in [1.807, 2.05) is 42.5 Å². The third kappa shape index (κ3) is 4.87. The van der Waals surface area contributed by atoms with Crippen molar-refractivity contribution in [3.63, 3.8) is 0 Å². The highest BCUT2D eigenvalue weighted by molar-refractivity contribution is 14.1. The molecule has 0 radical (unpaired) electrons. The van der Waals surface area contributed by atoms with E-state index in [1.165, 1.54) is 11.8 Å². The Bertz CT molecular complexity index is 994. The van der Waals surface area contributed by atoms with E-state index in [9.17, 15) is 4.79 Å². The molecule has 3 nitrogen and oxygen atoms in total. The second-order valence-electron chi connectivity index (χ2n) is 5.30.